The molecule has 12 nitrogen and oxygen atoms in total. The number of thioether (sulfide) groups is 3. The number of carbonyl (C=O) groups is 6. The van der Waals surface area contributed by atoms with Crippen LogP contribution in [0.5, 0.6) is 5.75 Å². The summed E-state index contributed by atoms with van der Waals surface area (Å²) < 4.78 is 24.6. The fraction of sp³-hybridized carbons (Fsp3) is 0.211. The van der Waals surface area contributed by atoms with E-state index in [0.29, 0.717) is 27.3 Å². The number of rotatable bonds is 7. The van der Waals surface area contributed by atoms with Crippen LogP contribution in [-0.2, 0) is 38.1 Å². The van der Waals surface area contributed by atoms with Crippen LogP contribution in [0.4, 0.5) is 5.69 Å². The van der Waals surface area contributed by atoms with Crippen LogP contribution in [0.25, 0.3) is 5.57 Å². The number of anilines is 1. The van der Waals surface area contributed by atoms with E-state index in [1.807, 2.05) is 0 Å². The first-order valence-corrected chi connectivity index (χ1v) is 18.2. The van der Waals surface area contributed by atoms with Crippen LogP contribution < -0.4 is 9.64 Å². The quantitative estimate of drug-likeness (QED) is 0.154. The lowest BCUT2D eigenvalue weighted by molar-refractivity contribution is -0.138. The second kappa shape index (κ2) is 14.6. The van der Waals surface area contributed by atoms with Crippen LogP contribution in [0.2, 0.25) is 0 Å². The number of carbonyl (C=O) groups excluding carboxylic acids is 6. The minimum absolute atomic E-state index is 0.0844. The molecule has 0 aromatic heterocycles. The topological polar surface area (TPSA) is 152 Å². The zero-order valence-electron chi connectivity index (χ0n) is 29.2. The lowest BCUT2D eigenvalue weighted by Crippen LogP contribution is -2.53. The molecule has 3 heterocycles. The van der Waals surface area contributed by atoms with E-state index in [4.69, 9.17) is 23.7 Å². The number of amides is 1. The van der Waals surface area contributed by atoms with Crippen LogP contribution in [0.15, 0.2) is 104 Å². The van der Waals surface area contributed by atoms with Gasteiger partial charge < -0.3 is 23.7 Å². The number of methoxy groups -OCH3 is 4. The Morgan fingerprint density at radius 3 is 1.64 bits per heavy atom. The van der Waals surface area contributed by atoms with Crippen molar-refractivity contribution in [2.45, 2.75) is 23.5 Å². The number of fused-ring (bicyclic) bond motifs is 3. The average molecular weight is 774 g/mol. The minimum Gasteiger partial charge on any atom is -0.466 e. The van der Waals surface area contributed by atoms with Gasteiger partial charge in [-0.05, 0) is 56.3 Å². The highest BCUT2D eigenvalue weighted by Crippen LogP contribution is 2.71. The summed E-state index contributed by atoms with van der Waals surface area (Å²) in [5.41, 5.74) is 0.123. The summed E-state index contributed by atoms with van der Waals surface area (Å²) in [4.78, 5) is 83.6. The highest BCUT2D eigenvalue weighted by atomic mass is 32.2. The molecule has 0 saturated carbocycles. The summed E-state index contributed by atoms with van der Waals surface area (Å²) in [5, 5.41) is 0. The van der Waals surface area contributed by atoms with Gasteiger partial charge in [-0.1, -0.05) is 71.7 Å². The van der Waals surface area contributed by atoms with Crippen molar-refractivity contribution in [1.82, 2.24) is 0 Å². The molecule has 0 radical (unpaired) electrons. The Morgan fingerprint density at radius 1 is 0.604 bits per heavy atom. The first kappa shape index (κ1) is 37.5. The van der Waals surface area contributed by atoms with Crippen LogP contribution >= 0.6 is 35.3 Å². The Bertz CT molecular complexity index is 2150. The van der Waals surface area contributed by atoms with Gasteiger partial charge in [0.15, 0.2) is 0 Å². The zero-order valence-corrected chi connectivity index (χ0v) is 31.6. The molecule has 3 aromatic rings. The summed E-state index contributed by atoms with van der Waals surface area (Å²) in [6.07, 6.45) is 0. The van der Waals surface area contributed by atoms with Crippen molar-refractivity contribution in [3.8, 4) is 5.75 Å². The van der Waals surface area contributed by atoms with E-state index < -0.39 is 45.4 Å². The first-order chi connectivity index (χ1) is 25.3. The summed E-state index contributed by atoms with van der Waals surface area (Å²) in [6.45, 7) is 3.54. The maximum Gasteiger partial charge on any atom is 0.345 e. The third-order valence-electron chi connectivity index (χ3n) is 8.55. The molecule has 0 N–H and O–H groups in total. The van der Waals surface area contributed by atoms with Crippen molar-refractivity contribution in [2.75, 3.05) is 33.3 Å². The molecule has 15 heteroatoms. The molecule has 0 aliphatic carbocycles. The second-order valence-electron chi connectivity index (χ2n) is 12.0. The van der Waals surface area contributed by atoms with Gasteiger partial charge in [-0.3, -0.25) is 9.69 Å². The Balaban J connectivity index is 1.69. The summed E-state index contributed by atoms with van der Waals surface area (Å²) in [7, 11) is 4.55. The van der Waals surface area contributed by atoms with Crippen molar-refractivity contribution >= 4 is 82.3 Å². The Hall–Kier alpha value is -5.25. The van der Waals surface area contributed by atoms with Gasteiger partial charge >= 0.3 is 29.8 Å². The van der Waals surface area contributed by atoms with E-state index in [2.05, 4.69) is 0 Å². The molecule has 53 heavy (non-hydrogen) atoms. The van der Waals surface area contributed by atoms with Crippen LogP contribution in [0.3, 0.4) is 0 Å². The van der Waals surface area contributed by atoms with Crippen molar-refractivity contribution in [1.29, 1.82) is 0 Å². The normalized spacial score (nSPS) is 16.8. The second-order valence-corrected chi connectivity index (χ2v) is 15.7. The molecule has 0 fully saturated rings. The van der Waals surface area contributed by atoms with E-state index in [1.54, 1.807) is 97.6 Å². The molecule has 0 saturated heterocycles. The third-order valence-corrected chi connectivity index (χ3v) is 13.2. The van der Waals surface area contributed by atoms with Gasteiger partial charge in [0, 0.05) is 21.6 Å². The maximum atomic E-state index is 14.6. The number of nitrogens with zero attached hydrogens (tertiary/aromatic N) is 1. The molecule has 0 bridgehead atoms. The highest BCUT2D eigenvalue weighted by Gasteiger charge is 2.62. The Morgan fingerprint density at radius 2 is 1.11 bits per heavy atom. The monoisotopic (exact) mass is 773 g/mol. The number of hydrogen-bond acceptors (Lipinski definition) is 14. The fourth-order valence-corrected chi connectivity index (χ4v) is 11.2. The number of esters is 5. The predicted octanol–water partition coefficient (Wildman–Crippen LogP) is 6.14. The van der Waals surface area contributed by atoms with E-state index >= 15 is 0 Å². The van der Waals surface area contributed by atoms with Crippen molar-refractivity contribution < 1.29 is 52.5 Å². The average Bonchev–Trinajstić information content (AvgIpc) is 3.57. The molecule has 0 unspecified atom stereocenters. The lowest BCUT2D eigenvalue weighted by atomic mass is 9.83. The van der Waals surface area contributed by atoms with Crippen LogP contribution in [-0.4, -0.2) is 73.8 Å². The Labute approximate surface area is 316 Å². The van der Waals surface area contributed by atoms with Crippen LogP contribution in [0.1, 0.15) is 40.1 Å². The van der Waals surface area contributed by atoms with Crippen molar-refractivity contribution in [2.24, 2.45) is 0 Å². The van der Waals surface area contributed by atoms with Gasteiger partial charge in [0.25, 0.3) is 5.91 Å². The molecular formula is C38H31NO11S3. The predicted molar refractivity (Wildman–Crippen MR) is 200 cm³/mol. The van der Waals surface area contributed by atoms with E-state index in [-0.39, 0.29) is 31.6 Å². The smallest absolute Gasteiger partial charge is 0.345 e. The van der Waals surface area contributed by atoms with Gasteiger partial charge in [-0.25, -0.2) is 24.0 Å². The zero-order chi connectivity index (χ0) is 38.2. The Kier molecular flexibility index (Phi) is 10.4. The van der Waals surface area contributed by atoms with Crippen molar-refractivity contribution in [3.05, 3.63) is 121 Å². The molecule has 1 spiro atoms. The molecular weight excluding hydrogens is 743 g/mol. The summed E-state index contributed by atoms with van der Waals surface area (Å²) in [6, 6.07) is 21.6. The van der Waals surface area contributed by atoms with Crippen molar-refractivity contribution in [3.63, 3.8) is 0 Å². The first-order valence-electron chi connectivity index (χ1n) is 15.8. The van der Waals surface area contributed by atoms with Gasteiger partial charge in [0.1, 0.15) is 24.5 Å². The van der Waals surface area contributed by atoms with Crippen LogP contribution in [0, 0.1) is 0 Å². The SMILES string of the molecule is COC(=O)C1=C(C(=O)OC)SC2(S1)C(C(=O)OC)=C(C(=O)OC)SC1=C2c2cc(OC(=O)c3ccccc3)ccc2N(C(=O)c2ccccc2)C1(C)C. The van der Waals surface area contributed by atoms with Gasteiger partial charge in [-0.15, -0.1) is 0 Å². The molecule has 272 valence electrons. The minimum atomic E-state index is -1.82. The summed E-state index contributed by atoms with van der Waals surface area (Å²) >= 11 is 2.49. The maximum absolute atomic E-state index is 14.6. The number of benzene rings is 3. The summed E-state index contributed by atoms with van der Waals surface area (Å²) in [5.74, 6) is -4.62. The molecule has 6 rings (SSSR count). The number of hydrogen-bond donors (Lipinski definition) is 0. The highest BCUT2D eigenvalue weighted by molar-refractivity contribution is 8.26. The molecule has 3 aliphatic heterocycles. The lowest BCUT2D eigenvalue weighted by Gasteiger charge is -2.50. The molecule has 0 atom stereocenters. The van der Waals surface area contributed by atoms with E-state index in [0.717, 1.165) is 63.7 Å². The fourth-order valence-electron chi connectivity index (χ4n) is 6.17. The van der Waals surface area contributed by atoms with E-state index in [9.17, 15) is 28.8 Å². The van der Waals surface area contributed by atoms with E-state index in [1.165, 1.54) is 0 Å². The standard InChI is InChI=1S/C38H31NO11S3/c1-37(2)30-25(38(26(33(42)46-3)27(51-30)34(43)47-4)52-28(35(44)48-5)29(53-38)36(45)49-6)23-19-22(50-32(41)21-15-11-8-12-16-21)17-18-24(23)39(37)31(40)20-13-9-7-10-14-20/h7-19H,1-6H3. The third kappa shape index (κ3) is 6.32. The molecule has 3 aliphatic rings. The number of ether oxygens (including phenoxy) is 5. The molecule has 1 amide bonds. The molecule has 3 aromatic carbocycles. The van der Waals surface area contributed by atoms with Gasteiger partial charge in [-0.2, -0.15) is 0 Å². The van der Waals surface area contributed by atoms with Gasteiger partial charge in [0.2, 0.25) is 0 Å². The largest absolute Gasteiger partial charge is 0.466 e. The van der Waals surface area contributed by atoms with Gasteiger partial charge in [0.05, 0.1) is 50.8 Å².